The normalized spacial score (nSPS) is 14.4. The predicted octanol–water partition coefficient (Wildman–Crippen LogP) is 2.47. The van der Waals surface area contributed by atoms with Crippen molar-refractivity contribution in [1.82, 2.24) is 14.7 Å². The van der Waals surface area contributed by atoms with E-state index in [-0.39, 0.29) is 11.4 Å². The topological polar surface area (TPSA) is 84.1 Å². The highest BCUT2D eigenvalue weighted by Gasteiger charge is 2.18. The number of rotatable bonds is 6. The van der Waals surface area contributed by atoms with E-state index in [9.17, 15) is 8.42 Å². The molecule has 0 saturated heterocycles. The van der Waals surface area contributed by atoms with Crippen molar-refractivity contribution >= 4 is 10.0 Å². The second-order valence-electron chi connectivity index (χ2n) is 6.00. The molecule has 0 unspecified atom stereocenters. The molecule has 2 N–H and O–H groups in total. The van der Waals surface area contributed by atoms with Gasteiger partial charge in [0.2, 0.25) is 10.0 Å². The fourth-order valence-electron chi connectivity index (χ4n) is 2.95. The Hall–Kier alpha value is -1.86. The van der Waals surface area contributed by atoms with Gasteiger partial charge in [-0.3, -0.25) is 0 Å². The Bertz CT molecular complexity index is 804. The number of benzene rings is 1. The first-order valence-electron chi connectivity index (χ1n) is 8.29. The van der Waals surface area contributed by atoms with Gasteiger partial charge in [0.25, 0.3) is 0 Å². The molecular weight excluding hydrogens is 326 g/mol. The maximum Gasteiger partial charge on any atom is 0.240 e. The molecule has 0 amide bonds. The molecule has 2 aromatic rings. The number of aromatic amines is 1. The van der Waals surface area contributed by atoms with Crippen LogP contribution in [0.15, 0.2) is 23.1 Å². The Kier molecular flexibility index (Phi) is 4.91. The molecule has 0 atom stereocenters. The van der Waals surface area contributed by atoms with Crippen molar-refractivity contribution in [3.8, 4) is 5.75 Å². The van der Waals surface area contributed by atoms with Gasteiger partial charge in [0.1, 0.15) is 11.6 Å². The zero-order valence-corrected chi connectivity index (χ0v) is 14.9. The van der Waals surface area contributed by atoms with Gasteiger partial charge in [0.15, 0.2) is 0 Å². The molecule has 1 aliphatic rings. The predicted molar refractivity (Wildman–Crippen MR) is 91.6 cm³/mol. The molecule has 0 saturated carbocycles. The summed E-state index contributed by atoms with van der Waals surface area (Å²) in [5, 5.41) is 0. The van der Waals surface area contributed by atoms with Crippen molar-refractivity contribution < 1.29 is 13.2 Å². The van der Waals surface area contributed by atoms with E-state index in [4.69, 9.17) is 4.74 Å². The quantitative estimate of drug-likeness (QED) is 0.839. The number of nitrogens with zero attached hydrogens (tertiary/aromatic N) is 1. The van der Waals surface area contributed by atoms with Crippen LogP contribution in [0, 0.1) is 6.92 Å². The number of aryl methyl sites for hydroxylation is 3. The highest BCUT2D eigenvalue weighted by Crippen LogP contribution is 2.22. The molecule has 0 spiro atoms. The van der Waals surface area contributed by atoms with E-state index in [0.29, 0.717) is 18.2 Å². The molecule has 24 heavy (non-hydrogen) atoms. The van der Waals surface area contributed by atoms with Gasteiger partial charge in [0, 0.05) is 5.69 Å². The Morgan fingerprint density at radius 1 is 1.29 bits per heavy atom. The lowest BCUT2D eigenvalue weighted by Crippen LogP contribution is -2.24. The Morgan fingerprint density at radius 2 is 2.08 bits per heavy atom. The minimum Gasteiger partial charge on any atom is -0.494 e. The van der Waals surface area contributed by atoms with Crippen molar-refractivity contribution in [1.29, 1.82) is 0 Å². The second kappa shape index (κ2) is 6.94. The van der Waals surface area contributed by atoms with Gasteiger partial charge < -0.3 is 9.72 Å². The van der Waals surface area contributed by atoms with Crippen LogP contribution in [0.3, 0.4) is 0 Å². The number of hydrogen-bond acceptors (Lipinski definition) is 4. The van der Waals surface area contributed by atoms with Crippen LogP contribution in [-0.4, -0.2) is 25.0 Å². The van der Waals surface area contributed by atoms with Crippen LogP contribution in [0.2, 0.25) is 0 Å². The maximum absolute atomic E-state index is 12.5. The van der Waals surface area contributed by atoms with E-state index in [1.165, 1.54) is 0 Å². The van der Waals surface area contributed by atoms with Crippen LogP contribution in [0.25, 0.3) is 0 Å². The smallest absolute Gasteiger partial charge is 0.240 e. The largest absolute Gasteiger partial charge is 0.494 e. The summed E-state index contributed by atoms with van der Waals surface area (Å²) in [6.07, 6.45) is 4.27. The fourth-order valence-corrected chi connectivity index (χ4v) is 4.02. The summed E-state index contributed by atoms with van der Waals surface area (Å²) in [7, 11) is -3.58. The van der Waals surface area contributed by atoms with Crippen molar-refractivity contribution in [2.24, 2.45) is 0 Å². The second-order valence-corrected chi connectivity index (χ2v) is 7.77. The number of H-pyrrole nitrogens is 1. The molecule has 6 nitrogen and oxygen atoms in total. The lowest BCUT2D eigenvalue weighted by Gasteiger charge is -2.10. The highest BCUT2D eigenvalue weighted by molar-refractivity contribution is 7.89. The minimum atomic E-state index is -3.58. The molecule has 3 rings (SSSR count). The third-order valence-corrected chi connectivity index (χ3v) is 5.59. The number of nitrogens with one attached hydrogen (secondary N) is 2. The van der Waals surface area contributed by atoms with Crippen LogP contribution in [0.5, 0.6) is 5.75 Å². The third kappa shape index (κ3) is 3.62. The number of sulfonamides is 1. The molecule has 130 valence electrons. The summed E-state index contributed by atoms with van der Waals surface area (Å²) in [5.74, 6) is 1.38. The highest BCUT2D eigenvalue weighted by atomic mass is 32.2. The third-order valence-electron chi connectivity index (χ3n) is 4.19. The molecule has 0 aliphatic heterocycles. The van der Waals surface area contributed by atoms with Gasteiger partial charge in [-0.1, -0.05) is 0 Å². The SMILES string of the molecule is CCOc1ccc(S(=O)(=O)NCc2nc3c([nH]2)CCCC3)cc1C. The van der Waals surface area contributed by atoms with E-state index >= 15 is 0 Å². The molecule has 1 aromatic carbocycles. The van der Waals surface area contributed by atoms with Gasteiger partial charge in [0.05, 0.1) is 23.7 Å². The molecule has 1 aromatic heterocycles. The summed E-state index contributed by atoms with van der Waals surface area (Å²) in [6, 6.07) is 4.88. The first kappa shape index (κ1) is 17.0. The average molecular weight is 349 g/mol. The number of imidazole rings is 1. The van der Waals surface area contributed by atoms with Crippen molar-refractivity contribution in [3.63, 3.8) is 0 Å². The van der Waals surface area contributed by atoms with Crippen molar-refractivity contribution in [2.45, 2.75) is 51.0 Å². The monoisotopic (exact) mass is 349 g/mol. The summed E-state index contributed by atoms with van der Waals surface area (Å²) in [6.45, 7) is 4.45. The van der Waals surface area contributed by atoms with Gasteiger partial charge in [-0.05, 0) is 63.3 Å². The molecule has 0 radical (unpaired) electrons. The van der Waals surface area contributed by atoms with Gasteiger partial charge in [-0.2, -0.15) is 0 Å². The Morgan fingerprint density at radius 3 is 2.79 bits per heavy atom. The number of aromatic nitrogens is 2. The van der Waals surface area contributed by atoms with Gasteiger partial charge >= 0.3 is 0 Å². The van der Waals surface area contributed by atoms with Crippen molar-refractivity contribution in [2.75, 3.05) is 6.61 Å². The first-order chi connectivity index (χ1) is 11.5. The van der Waals surface area contributed by atoms with Gasteiger partial charge in [-0.25, -0.2) is 18.1 Å². The molecule has 7 heteroatoms. The zero-order valence-electron chi connectivity index (χ0n) is 14.1. The molecular formula is C17H23N3O3S. The number of fused-ring (bicyclic) bond motifs is 1. The van der Waals surface area contributed by atoms with E-state index in [0.717, 1.165) is 42.6 Å². The summed E-state index contributed by atoms with van der Waals surface area (Å²) in [5.41, 5.74) is 3.02. The zero-order chi connectivity index (χ0) is 17.2. The van der Waals surface area contributed by atoms with Crippen LogP contribution in [0.1, 0.15) is 42.5 Å². The Labute approximate surface area is 142 Å². The van der Waals surface area contributed by atoms with Crippen molar-refractivity contribution in [3.05, 3.63) is 41.0 Å². The number of ether oxygens (including phenoxy) is 1. The van der Waals surface area contributed by atoms with Crippen LogP contribution < -0.4 is 9.46 Å². The lowest BCUT2D eigenvalue weighted by molar-refractivity contribution is 0.337. The Balaban J connectivity index is 1.71. The standard InChI is InChI=1S/C17H23N3O3S/c1-3-23-16-9-8-13(10-12(16)2)24(21,22)18-11-17-19-14-6-4-5-7-15(14)20-17/h8-10,18H,3-7,11H2,1-2H3,(H,19,20). The van der Waals surface area contributed by atoms with E-state index in [2.05, 4.69) is 14.7 Å². The summed E-state index contributed by atoms with van der Waals surface area (Å²) in [4.78, 5) is 7.97. The number of hydrogen-bond donors (Lipinski definition) is 2. The first-order valence-corrected chi connectivity index (χ1v) is 9.77. The van der Waals surface area contributed by atoms with Gasteiger partial charge in [-0.15, -0.1) is 0 Å². The van der Waals surface area contributed by atoms with Crippen LogP contribution >= 0.6 is 0 Å². The maximum atomic E-state index is 12.5. The van der Waals surface area contributed by atoms with Crippen LogP contribution in [0.4, 0.5) is 0 Å². The molecule has 1 heterocycles. The summed E-state index contributed by atoms with van der Waals surface area (Å²) < 4.78 is 33.0. The average Bonchev–Trinajstić information content (AvgIpc) is 2.98. The fraction of sp³-hybridized carbons (Fsp3) is 0.471. The lowest BCUT2D eigenvalue weighted by atomic mass is 10.0. The van der Waals surface area contributed by atoms with E-state index in [1.54, 1.807) is 18.2 Å². The minimum absolute atomic E-state index is 0.168. The van der Waals surface area contributed by atoms with Crippen LogP contribution in [-0.2, 0) is 29.4 Å². The van der Waals surface area contributed by atoms with E-state index < -0.39 is 10.0 Å². The molecule has 0 bridgehead atoms. The molecule has 1 aliphatic carbocycles. The molecule has 0 fully saturated rings. The van der Waals surface area contributed by atoms with E-state index in [1.807, 2.05) is 13.8 Å². The summed E-state index contributed by atoms with van der Waals surface area (Å²) >= 11 is 0.